The number of phenolic OH excluding ortho intramolecular Hbond substituents is 2. The van der Waals surface area contributed by atoms with Gasteiger partial charge in [-0.25, -0.2) is 4.79 Å². The van der Waals surface area contributed by atoms with Crippen LogP contribution in [0.5, 0.6) is 11.5 Å². The summed E-state index contributed by atoms with van der Waals surface area (Å²) in [5.41, 5.74) is 10.9. The van der Waals surface area contributed by atoms with Crippen LogP contribution in [0.4, 0.5) is 0 Å². The summed E-state index contributed by atoms with van der Waals surface area (Å²) < 4.78 is 4.95. The Labute approximate surface area is 340 Å². The highest BCUT2D eigenvalue weighted by molar-refractivity contribution is 6.00. The minimum atomic E-state index is -1.23. The van der Waals surface area contributed by atoms with Crippen molar-refractivity contribution < 1.29 is 38.9 Å². The third-order valence-corrected chi connectivity index (χ3v) is 11.0. The quantitative estimate of drug-likeness (QED) is 0.0590. The molecule has 5 rings (SSSR count). The van der Waals surface area contributed by atoms with Crippen LogP contribution in [0.1, 0.15) is 91.9 Å². The topological polar surface area (TPSA) is 176 Å². The highest BCUT2D eigenvalue weighted by Crippen LogP contribution is 2.39. The summed E-state index contributed by atoms with van der Waals surface area (Å²) in [5, 5.41) is 24.7. The molecule has 0 spiro atoms. The molecule has 2 amide bonds. The number of nitrogens with two attached hydrogens (primary N) is 1. The Bertz CT molecular complexity index is 2100. The molecule has 1 heterocycles. The molecule has 4 atom stereocenters. The van der Waals surface area contributed by atoms with E-state index in [1.165, 1.54) is 42.8 Å². The van der Waals surface area contributed by atoms with Crippen molar-refractivity contribution in [1.29, 1.82) is 0 Å². The first-order chi connectivity index (χ1) is 27.8. The number of nitrogens with zero attached hydrogens (tertiary/aromatic N) is 1. The van der Waals surface area contributed by atoms with Crippen LogP contribution in [0.15, 0.2) is 84.9 Å². The van der Waals surface area contributed by atoms with Gasteiger partial charge in [0.05, 0.1) is 7.11 Å². The zero-order chi connectivity index (χ0) is 41.9. The molecule has 1 aliphatic heterocycles. The molecule has 0 saturated carbocycles. The van der Waals surface area contributed by atoms with E-state index in [-0.39, 0.29) is 47.7 Å². The van der Waals surface area contributed by atoms with Crippen molar-refractivity contribution in [3.05, 3.63) is 107 Å². The molecule has 0 unspecified atom stereocenters. The molecule has 0 fully saturated rings. The van der Waals surface area contributed by atoms with Gasteiger partial charge in [0.15, 0.2) is 11.6 Å². The number of hydrogen-bond acceptors (Lipinski definition) is 9. The molecule has 1 aliphatic rings. The van der Waals surface area contributed by atoms with Gasteiger partial charge in [-0.15, -0.1) is 0 Å². The van der Waals surface area contributed by atoms with Gasteiger partial charge in [0.2, 0.25) is 11.8 Å². The van der Waals surface area contributed by atoms with E-state index in [2.05, 4.69) is 36.5 Å². The molecule has 0 aromatic heterocycles. The Morgan fingerprint density at radius 3 is 2.14 bits per heavy atom. The lowest BCUT2D eigenvalue weighted by Gasteiger charge is -2.32. The maximum absolute atomic E-state index is 14.6. The Balaban J connectivity index is 1.46. The van der Waals surface area contributed by atoms with Crippen LogP contribution in [0.25, 0.3) is 22.3 Å². The molecule has 11 heteroatoms. The van der Waals surface area contributed by atoms with Crippen molar-refractivity contribution in [2.24, 2.45) is 17.6 Å². The van der Waals surface area contributed by atoms with Gasteiger partial charge in [-0.2, -0.15) is 0 Å². The molecule has 0 saturated heterocycles. The fraction of sp³-hybridized carbons (Fsp3) is 0.383. The Morgan fingerprint density at radius 2 is 1.50 bits per heavy atom. The number of amides is 2. The number of rotatable bonds is 14. The summed E-state index contributed by atoms with van der Waals surface area (Å²) in [6.07, 6.45) is 4.50. The third-order valence-electron chi connectivity index (χ3n) is 11.0. The number of methoxy groups -OCH3 is 1. The summed E-state index contributed by atoms with van der Waals surface area (Å²) in [6.45, 7) is 4.15. The lowest BCUT2D eigenvalue weighted by atomic mass is 9.88. The summed E-state index contributed by atoms with van der Waals surface area (Å²) in [6, 6.07) is 22.5. The molecule has 4 aromatic rings. The molecule has 0 aliphatic carbocycles. The number of carbonyl (C=O) groups excluding carboxylic acids is 5. The maximum Gasteiger partial charge on any atom is 0.328 e. The van der Waals surface area contributed by atoms with Crippen LogP contribution in [0.3, 0.4) is 0 Å². The molecule has 11 nitrogen and oxygen atoms in total. The first-order valence-electron chi connectivity index (χ1n) is 20.1. The first-order valence-corrected chi connectivity index (χ1v) is 20.1. The molecule has 4 aromatic carbocycles. The number of phenols is 2. The standard InChI is InChI=1S/C47H55N3O8/c1-5-6-9-30-11-14-32(15-12-30)33-16-18-34(19-17-33)42(53)28-36(10-7-8-23-48)46(56)50(3)44-35-20-22-41(52)38(27-35)37-25-31(13-21-40(37)51)26-39(47(57)58-4)49-45(55)29(2)24-43(44)54/h11-22,25,27,29,36,39,44,51-52H,5-10,23-24,26,28,48H2,1-4H3,(H,49,55)/t29-,36-,39+,44+/m1/s1. The smallest absolute Gasteiger partial charge is 0.328 e. The number of likely N-dealkylation sites (N-methyl/N-ethyl adjacent to an activating group) is 1. The number of ketones is 2. The molecule has 5 N–H and O–H groups in total. The lowest BCUT2D eigenvalue weighted by molar-refractivity contribution is -0.146. The molecule has 4 bridgehead atoms. The monoisotopic (exact) mass is 789 g/mol. The van der Waals surface area contributed by atoms with Gasteiger partial charge in [0.25, 0.3) is 0 Å². The molecule has 0 radical (unpaired) electrons. The van der Waals surface area contributed by atoms with Gasteiger partial charge < -0.3 is 30.9 Å². The number of carbonyl (C=O) groups is 5. The first kappa shape index (κ1) is 43.3. The molecule has 58 heavy (non-hydrogen) atoms. The van der Waals surface area contributed by atoms with Gasteiger partial charge >= 0.3 is 5.97 Å². The van der Waals surface area contributed by atoms with Gasteiger partial charge in [-0.05, 0) is 84.3 Å². The van der Waals surface area contributed by atoms with E-state index < -0.39 is 47.5 Å². The van der Waals surface area contributed by atoms with Crippen LogP contribution < -0.4 is 11.1 Å². The number of fused-ring (bicyclic) bond motifs is 5. The van der Waals surface area contributed by atoms with Crippen molar-refractivity contribution in [3.8, 4) is 33.8 Å². The number of aryl methyl sites for hydroxylation is 1. The second-order valence-corrected chi connectivity index (χ2v) is 15.3. The molecule has 306 valence electrons. The summed E-state index contributed by atoms with van der Waals surface area (Å²) in [5.74, 6) is -4.42. The number of Topliss-reactive ketones (excluding diaryl/α,β-unsaturated/α-hetero) is 2. The van der Waals surface area contributed by atoms with Crippen LogP contribution in [0, 0.1) is 11.8 Å². The highest BCUT2D eigenvalue weighted by Gasteiger charge is 2.36. The predicted octanol–water partition coefficient (Wildman–Crippen LogP) is 7.10. The minimum absolute atomic E-state index is 0.0219. The molecular formula is C47H55N3O8. The van der Waals surface area contributed by atoms with Crippen molar-refractivity contribution in [3.63, 3.8) is 0 Å². The van der Waals surface area contributed by atoms with Crippen molar-refractivity contribution in [2.45, 2.75) is 83.7 Å². The second kappa shape index (κ2) is 20.1. The average molecular weight is 790 g/mol. The van der Waals surface area contributed by atoms with Gasteiger partial charge in [-0.3, -0.25) is 19.2 Å². The number of hydrogen-bond donors (Lipinski definition) is 4. The van der Waals surface area contributed by atoms with E-state index in [4.69, 9.17) is 10.5 Å². The number of esters is 1. The van der Waals surface area contributed by atoms with Gasteiger partial charge in [0, 0.05) is 54.8 Å². The normalized spacial score (nSPS) is 17.4. The fourth-order valence-electron chi connectivity index (χ4n) is 7.58. The van der Waals surface area contributed by atoms with E-state index in [9.17, 15) is 34.2 Å². The number of benzene rings is 4. The van der Waals surface area contributed by atoms with Crippen LogP contribution in [-0.4, -0.2) is 71.2 Å². The zero-order valence-corrected chi connectivity index (χ0v) is 33.8. The molecular weight excluding hydrogens is 735 g/mol. The maximum atomic E-state index is 14.6. The van der Waals surface area contributed by atoms with E-state index in [0.717, 1.165) is 30.4 Å². The fourth-order valence-corrected chi connectivity index (χ4v) is 7.58. The van der Waals surface area contributed by atoms with Crippen molar-refractivity contribution in [2.75, 3.05) is 20.7 Å². The minimum Gasteiger partial charge on any atom is -0.507 e. The number of aromatic hydroxyl groups is 2. The SMILES string of the molecule is CCCCc1ccc(-c2ccc(C(=O)C[C@@H](CCCCN)C(=O)N(C)[C@@H]3C(=O)C[C@@H](C)C(=O)N[C@H](C(=O)OC)Cc4ccc(O)c(c4)-c4cc3ccc4O)cc2)cc1. The van der Waals surface area contributed by atoms with E-state index >= 15 is 0 Å². The van der Waals surface area contributed by atoms with Crippen LogP contribution in [-0.2, 0) is 36.8 Å². The summed E-state index contributed by atoms with van der Waals surface area (Å²) in [4.78, 5) is 70.3. The Hall–Kier alpha value is -5.81. The van der Waals surface area contributed by atoms with Gasteiger partial charge in [0.1, 0.15) is 23.6 Å². The second-order valence-electron chi connectivity index (χ2n) is 15.3. The Kier molecular flexibility index (Phi) is 15.0. The van der Waals surface area contributed by atoms with Crippen LogP contribution >= 0.6 is 0 Å². The summed E-state index contributed by atoms with van der Waals surface area (Å²) >= 11 is 0. The number of unbranched alkanes of at least 4 members (excludes halogenated alkanes) is 2. The highest BCUT2D eigenvalue weighted by atomic mass is 16.5. The van der Waals surface area contributed by atoms with Crippen LogP contribution in [0.2, 0.25) is 0 Å². The zero-order valence-electron chi connectivity index (χ0n) is 33.8. The van der Waals surface area contributed by atoms with E-state index in [0.29, 0.717) is 42.5 Å². The average Bonchev–Trinajstić information content (AvgIpc) is 3.22. The lowest BCUT2D eigenvalue weighted by Crippen LogP contribution is -2.46. The van der Waals surface area contributed by atoms with E-state index in [1.54, 1.807) is 37.3 Å². The number of nitrogens with one attached hydrogen (secondary N) is 1. The van der Waals surface area contributed by atoms with E-state index in [1.807, 2.05) is 12.1 Å². The largest absolute Gasteiger partial charge is 0.507 e. The Morgan fingerprint density at radius 1 is 0.862 bits per heavy atom. The van der Waals surface area contributed by atoms with Crippen molar-refractivity contribution >= 4 is 29.4 Å². The number of ether oxygens (including phenoxy) is 1. The third kappa shape index (κ3) is 10.6. The summed E-state index contributed by atoms with van der Waals surface area (Å²) in [7, 11) is 2.71. The van der Waals surface area contributed by atoms with Crippen molar-refractivity contribution in [1.82, 2.24) is 10.2 Å². The predicted molar refractivity (Wildman–Crippen MR) is 223 cm³/mol. The van der Waals surface area contributed by atoms with Gasteiger partial charge in [-0.1, -0.05) is 87.4 Å².